The highest BCUT2D eigenvalue weighted by molar-refractivity contribution is 5.97. The van der Waals surface area contributed by atoms with Gasteiger partial charge in [-0.2, -0.15) is 0 Å². The summed E-state index contributed by atoms with van der Waals surface area (Å²) in [5.74, 6) is 0.0718. The van der Waals surface area contributed by atoms with Crippen molar-refractivity contribution in [3.8, 4) is 11.5 Å². The Morgan fingerprint density at radius 3 is 1.67 bits per heavy atom. The Bertz CT molecular complexity index is 1030. The van der Waals surface area contributed by atoms with Gasteiger partial charge in [0.15, 0.2) is 0 Å². The van der Waals surface area contributed by atoms with Gasteiger partial charge in [-0.25, -0.2) is 0 Å². The molecule has 0 bridgehead atoms. The molecule has 3 rings (SSSR count). The molecular formula is C27H36N2O4. The molecule has 1 aliphatic heterocycles. The molecule has 0 aromatic heterocycles. The Balaban J connectivity index is 2.05. The van der Waals surface area contributed by atoms with E-state index in [2.05, 4.69) is 0 Å². The molecule has 1 saturated heterocycles. The molecule has 1 heterocycles. The lowest BCUT2D eigenvalue weighted by atomic mass is 9.90. The molecule has 0 aliphatic carbocycles. The van der Waals surface area contributed by atoms with E-state index in [9.17, 15) is 11.0 Å². The number of methoxy groups -OCH3 is 2. The fourth-order valence-electron chi connectivity index (χ4n) is 4.10. The van der Waals surface area contributed by atoms with Gasteiger partial charge in [0.1, 0.15) is 23.6 Å². The SMILES string of the molecule is [2H]C(C(C)C)[C@@]1([2H])C(=O)N(Cc2ccc(OC)cc2)[C@@H](C(C)C)C(=O)N1Cc1ccc(OC)cc1. The Kier molecular flexibility index (Phi) is 7.09. The summed E-state index contributed by atoms with van der Waals surface area (Å²) in [6.07, 6.45) is -1.12. The summed E-state index contributed by atoms with van der Waals surface area (Å²) in [5.41, 5.74) is 1.60. The summed E-state index contributed by atoms with van der Waals surface area (Å²) in [5, 5.41) is 0. The number of piperazine rings is 1. The third-order valence-corrected chi connectivity index (χ3v) is 5.76. The first-order valence-corrected chi connectivity index (χ1v) is 11.3. The predicted molar refractivity (Wildman–Crippen MR) is 129 cm³/mol. The van der Waals surface area contributed by atoms with Gasteiger partial charge in [-0.05, 0) is 53.6 Å². The first-order chi connectivity index (χ1) is 16.5. The number of benzene rings is 2. The van der Waals surface area contributed by atoms with Crippen LogP contribution in [0.25, 0.3) is 0 Å². The van der Waals surface area contributed by atoms with Gasteiger partial charge in [0.25, 0.3) is 0 Å². The second-order valence-electron chi connectivity index (χ2n) is 9.04. The third-order valence-electron chi connectivity index (χ3n) is 5.76. The molecule has 1 aliphatic rings. The topological polar surface area (TPSA) is 59.1 Å². The Morgan fingerprint density at radius 1 is 0.818 bits per heavy atom. The lowest BCUT2D eigenvalue weighted by Crippen LogP contribution is -2.65. The Hall–Kier alpha value is -3.02. The van der Waals surface area contributed by atoms with Crippen molar-refractivity contribution < 1.29 is 21.8 Å². The van der Waals surface area contributed by atoms with Crippen LogP contribution in [0.15, 0.2) is 48.5 Å². The fourth-order valence-corrected chi connectivity index (χ4v) is 4.10. The zero-order valence-electron chi connectivity index (χ0n) is 22.4. The summed E-state index contributed by atoms with van der Waals surface area (Å²) in [7, 11) is 3.16. The highest BCUT2D eigenvalue weighted by Crippen LogP contribution is 2.30. The van der Waals surface area contributed by atoms with Gasteiger partial charge in [0, 0.05) is 14.5 Å². The maximum atomic E-state index is 14.1. The van der Waals surface area contributed by atoms with Crippen LogP contribution in [0.4, 0.5) is 0 Å². The van der Waals surface area contributed by atoms with Crippen molar-refractivity contribution in [2.24, 2.45) is 11.8 Å². The van der Waals surface area contributed by atoms with Gasteiger partial charge in [-0.1, -0.05) is 52.0 Å². The van der Waals surface area contributed by atoms with Crippen LogP contribution in [0.1, 0.15) is 48.0 Å². The first-order valence-electron chi connectivity index (χ1n) is 12.4. The van der Waals surface area contributed by atoms with Crippen LogP contribution in [0.3, 0.4) is 0 Å². The van der Waals surface area contributed by atoms with Crippen molar-refractivity contribution in [3.63, 3.8) is 0 Å². The van der Waals surface area contributed by atoms with Gasteiger partial charge in [0.2, 0.25) is 11.8 Å². The number of carbonyl (C=O) groups is 2. The summed E-state index contributed by atoms with van der Waals surface area (Å²) in [4.78, 5) is 30.8. The van der Waals surface area contributed by atoms with E-state index in [4.69, 9.17) is 10.8 Å². The average Bonchev–Trinajstić information content (AvgIpc) is 2.85. The average molecular weight is 455 g/mol. The van der Waals surface area contributed by atoms with Crippen molar-refractivity contribution in [1.82, 2.24) is 9.80 Å². The smallest absolute Gasteiger partial charge is 0.246 e. The van der Waals surface area contributed by atoms with E-state index in [1.807, 2.05) is 38.1 Å². The second-order valence-corrected chi connectivity index (χ2v) is 9.04. The summed E-state index contributed by atoms with van der Waals surface area (Å²) in [6, 6.07) is 11.7. The molecule has 178 valence electrons. The number of ether oxygens (including phenoxy) is 2. The van der Waals surface area contributed by atoms with E-state index in [0.29, 0.717) is 11.5 Å². The van der Waals surface area contributed by atoms with Crippen molar-refractivity contribution in [3.05, 3.63) is 59.7 Å². The normalized spacial score (nSPS) is 23.0. The van der Waals surface area contributed by atoms with Crippen LogP contribution in [0.5, 0.6) is 11.5 Å². The number of hydrogen-bond donors (Lipinski definition) is 0. The van der Waals surface area contributed by atoms with Crippen LogP contribution in [0, 0.1) is 11.8 Å². The number of carbonyl (C=O) groups excluding carboxylic acids is 2. The monoisotopic (exact) mass is 454 g/mol. The molecule has 6 heteroatoms. The molecule has 33 heavy (non-hydrogen) atoms. The van der Waals surface area contributed by atoms with Gasteiger partial charge in [0.05, 0.1) is 15.6 Å². The van der Waals surface area contributed by atoms with Crippen LogP contribution >= 0.6 is 0 Å². The molecule has 2 aromatic rings. The largest absolute Gasteiger partial charge is 0.497 e. The summed E-state index contributed by atoms with van der Waals surface area (Å²) in [6.45, 7) is 7.66. The summed E-state index contributed by atoms with van der Waals surface area (Å²) >= 11 is 0. The minimum Gasteiger partial charge on any atom is -0.497 e. The minimum atomic E-state index is -2.05. The van der Waals surface area contributed by atoms with Gasteiger partial charge in [-0.3, -0.25) is 9.59 Å². The molecule has 0 saturated carbocycles. The minimum absolute atomic E-state index is 0.0692. The van der Waals surface area contributed by atoms with Gasteiger partial charge in [-0.15, -0.1) is 0 Å². The molecule has 1 fully saturated rings. The molecule has 0 N–H and O–H groups in total. The lowest BCUT2D eigenvalue weighted by Gasteiger charge is -2.47. The van der Waals surface area contributed by atoms with Crippen molar-refractivity contribution in [2.75, 3.05) is 14.2 Å². The molecule has 0 radical (unpaired) electrons. The highest BCUT2D eigenvalue weighted by Gasteiger charge is 2.46. The number of nitrogens with zero attached hydrogens (tertiary/aromatic N) is 2. The molecule has 3 atom stereocenters. The quantitative estimate of drug-likeness (QED) is 0.559. The van der Waals surface area contributed by atoms with Gasteiger partial charge >= 0.3 is 0 Å². The highest BCUT2D eigenvalue weighted by atomic mass is 16.5. The first kappa shape index (κ1) is 21.8. The van der Waals surface area contributed by atoms with Crippen LogP contribution in [-0.2, 0) is 22.7 Å². The molecule has 0 spiro atoms. The van der Waals surface area contributed by atoms with Crippen molar-refractivity contribution in [2.45, 2.75) is 59.2 Å². The van der Waals surface area contributed by atoms with E-state index >= 15 is 0 Å². The van der Waals surface area contributed by atoms with Crippen LogP contribution in [-0.4, -0.2) is 47.9 Å². The Morgan fingerprint density at radius 2 is 1.27 bits per heavy atom. The van der Waals surface area contributed by atoms with E-state index < -0.39 is 24.4 Å². The fraction of sp³-hybridized carbons (Fsp3) is 0.481. The van der Waals surface area contributed by atoms with E-state index in [1.165, 1.54) is 9.80 Å². The van der Waals surface area contributed by atoms with Gasteiger partial charge < -0.3 is 19.3 Å². The van der Waals surface area contributed by atoms with E-state index in [1.54, 1.807) is 52.3 Å². The van der Waals surface area contributed by atoms with Crippen LogP contribution < -0.4 is 9.47 Å². The van der Waals surface area contributed by atoms with E-state index in [0.717, 1.165) is 11.1 Å². The van der Waals surface area contributed by atoms with Crippen molar-refractivity contribution in [1.29, 1.82) is 0 Å². The molecule has 1 unspecified atom stereocenters. The molecule has 6 nitrogen and oxygen atoms in total. The number of rotatable bonds is 9. The summed E-state index contributed by atoms with van der Waals surface area (Å²) < 4.78 is 28.6. The Labute approximate surface area is 200 Å². The maximum absolute atomic E-state index is 14.1. The van der Waals surface area contributed by atoms with Crippen molar-refractivity contribution >= 4 is 11.8 Å². The molecule has 2 aromatic carbocycles. The van der Waals surface area contributed by atoms with E-state index in [-0.39, 0.29) is 30.8 Å². The predicted octanol–water partition coefficient (Wildman–Crippen LogP) is 4.51. The lowest BCUT2D eigenvalue weighted by molar-refractivity contribution is -0.166. The van der Waals surface area contributed by atoms with Crippen LogP contribution in [0.2, 0.25) is 0 Å². The standard InChI is InChI=1S/C27H36N2O4/c1-18(2)15-24-26(30)29(17-21-9-13-23(33-6)14-10-21)25(19(3)4)27(31)28(24)16-20-7-11-22(32-5)12-8-20/h7-14,18-19,24-25H,15-17H2,1-6H3/t24-,25-/m0/s1/i15D,24D/t15?,24-,25-. The number of amides is 2. The maximum Gasteiger partial charge on any atom is 0.246 e. The zero-order chi connectivity index (χ0) is 25.9. The molecule has 2 amide bonds. The molecular weight excluding hydrogens is 416 g/mol. The third kappa shape index (κ3) is 5.67. The zero-order valence-corrected chi connectivity index (χ0v) is 20.4. The second kappa shape index (κ2) is 10.7. The number of hydrogen-bond acceptors (Lipinski definition) is 4.